The van der Waals surface area contributed by atoms with Gasteiger partial charge in [-0.3, -0.25) is 0 Å². The molecule has 0 fully saturated rings. The Balaban J connectivity index is 2.72. The van der Waals surface area contributed by atoms with Crippen LogP contribution in [0.4, 0.5) is 0 Å². The van der Waals surface area contributed by atoms with Crippen molar-refractivity contribution >= 4 is 34.1 Å². The SMILES string of the molecule is N#CC(=Cc1cc(O)cc2ccccc12)C(N)=S. The Kier molecular flexibility index (Phi) is 3.26. The molecule has 3 nitrogen and oxygen atoms in total. The fourth-order valence-electron chi connectivity index (χ4n) is 1.76. The summed E-state index contributed by atoms with van der Waals surface area (Å²) >= 11 is 4.80. The number of nitrogens with zero attached hydrogens (tertiary/aromatic N) is 1. The van der Waals surface area contributed by atoms with E-state index >= 15 is 0 Å². The van der Waals surface area contributed by atoms with Gasteiger partial charge in [-0.1, -0.05) is 36.5 Å². The van der Waals surface area contributed by atoms with Gasteiger partial charge in [-0.2, -0.15) is 5.26 Å². The molecule has 2 rings (SSSR count). The van der Waals surface area contributed by atoms with Crippen LogP contribution in [0.15, 0.2) is 42.0 Å². The number of nitrogens with two attached hydrogens (primary N) is 1. The zero-order valence-electron chi connectivity index (χ0n) is 9.42. The molecule has 0 amide bonds. The van der Waals surface area contributed by atoms with E-state index in [1.165, 1.54) is 0 Å². The smallest absolute Gasteiger partial charge is 0.116 e. The van der Waals surface area contributed by atoms with E-state index in [0.717, 1.165) is 16.3 Å². The van der Waals surface area contributed by atoms with Crippen LogP contribution in [0.2, 0.25) is 0 Å². The summed E-state index contributed by atoms with van der Waals surface area (Å²) in [5.74, 6) is 0.139. The predicted octanol–water partition coefficient (Wildman–Crippen LogP) is 2.74. The lowest BCUT2D eigenvalue weighted by atomic mass is 10.0. The van der Waals surface area contributed by atoms with Crippen molar-refractivity contribution in [1.82, 2.24) is 0 Å². The minimum atomic E-state index is 0.0462. The first-order chi connectivity index (χ1) is 8.61. The second-order valence-corrected chi connectivity index (χ2v) is 4.23. The maximum atomic E-state index is 9.66. The summed E-state index contributed by atoms with van der Waals surface area (Å²) in [6, 6.07) is 12.8. The van der Waals surface area contributed by atoms with Crippen LogP contribution in [0.3, 0.4) is 0 Å². The molecule has 2 aromatic rings. The fourth-order valence-corrected chi connectivity index (χ4v) is 1.86. The average Bonchev–Trinajstić information content (AvgIpc) is 2.35. The minimum absolute atomic E-state index is 0.0462. The molecule has 0 saturated carbocycles. The van der Waals surface area contributed by atoms with Crippen molar-refractivity contribution in [3.05, 3.63) is 47.5 Å². The Morgan fingerprint density at radius 3 is 2.72 bits per heavy atom. The number of thiocarbonyl (C=S) groups is 1. The van der Waals surface area contributed by atoms with Gasteiger partial charge in [-0.15, -0.1) is 0 Å². The van der Waals surface area contributed by atoms with E-state index in [2.05, 4.69) is 0 Å². The van der Waals surface area contributed by atoms with Crippen molar-refractivity contribution in [3.8, 4) is 11.8 Å². The van der Waals surface area contributed by atoms with Gasteiger partial charge in [0.15, 0.2) is 0 Å². The van der Waals surface area contributed by atoms with E-state index in [1.54, 1.807) is 18.2 Å². The predicted molar refractivity (Wildman–Crippen MR) is 76.0 cm³/mol. The van der Waals surface area contributed by atoms with Crippen molar-refractivity contribution in [1.29, 1.82) is 5.26 Å². The molecular formula is C14H10N2OS. The molecule has 4 heteroatoms. The fraction of sp³-hybridized carbons (Fsp3) is 0. The third-order valence-electron chi connectivity index (χ3n) is 2.56. The number of fused-ring (bicyclic) bond motifs is 1. The topological polar surface area (TPSA) is 70.0 Å². The van der Waals surface area contributed by atoms with E-state index in [9.17, 15) is 5.11 Å². The molecule has 2 aromatic carbocycles. The van der Waals surface area contributed by atoms with Crippen molar-refractivity contribution in [2.45, 2.75) is 0 Å². The highest BCUT2D eigenvalue weighted by atomic mass is 32.1. The molecular weight excluding hydrogens is 244 g/mol. The maximum Gasteiger partial charge on any atom is 0.116 e. The highest BCUT2D eigenvalue weighted by Crippen LogP contribution is 2.26. The molecule has 0 aliphatic rings. The molecule has 0 aliphatic heterocycles. The molecule has 0 atom stereocenters. The number of phenols is 1. The summed E-state index contributed by atoms with van der Waals surface area (Å²) in [5, 5.41) is 20.4. The maximum absolute atomic E-state index is 9.66. The van der Waals surface area contributed by atoms with E-state index in [-0.39, 0.29) is 16.3 Å². The molecule has 0 aromatic heterocycles. The number of benzene rings is 2. The van der Waals surface area contributed by atoms with Gasteiger partial charge in [0, 0.05) is 0 Å². The molecule has 0 radical (unpaired) electrons. The van der Waals surface area contributed by atoms with Crippen LogP contribution in [0.1, 0.15) is 5.56 Å². The van der Waals surface area contributed by atoms with Gasteiger partial charge in [-0.25, -0.2) is 0 Å². The molecule has 0 bridgehead atoms. The number of hydrogen-bond donors (Lipinski definition) is 2. The van der Waals surface area contributed by atoms with E-state index in [0.29, 0.717) is 0 Å². The Labute approximate surface area is 110 Å². The monoisotopic (exact) mass is 254 g/mol. The summed E-state index contributed by atoms with van der Waals surface area (Å²) in [7, 11) is 0. The first kappa shape index (κ1) is 12.1. The van der Waals surface area contributed by atoms with Gasteiger partial charge < -0.3 is 10.8 Å². The van der Waals surface area contributed by atoms with Crippen LogP contribution in [0.5, 0.6) is 5.75 Å². The van der Waals surface area contributed by atoms with Gasteiger partial charge in [-0.05, 0) is 34.5 Å². The first-order valence-electron chi connectivity index (χ1n) is 5.25. The van der Waals surface area contributed by atoms with Gasteiger partial charge in [0.2, 0.25) is 0 Å². The lowest BCUT2D eigenvalue weighted by Crippen LogP contribution is -2.09. The summed E-state index contributed by atoms with van der Waals surface area (Å²) in [4.78, 5) is 0.0462. The lowest BCUT2D eigenvalue weighted by molar-refractivity contribution is 0.476. The third-order valence-corrected chi connectivity index (χ3v) is 2.78. The number of aromatic hydroxyl groups is 1. The Hall–Kier alpha value is -2.38. The van der Waals surface area contributed by atoms with Crippen LogP contribution >= 0.6 is 12.2 Å². The van der Waals surface area contributed by atoms with Crippen LogP contribution in [-0.2, 0) is 0 Å². The zero-order valence-corrected chi connectivity index (χ0v) is 10.2. The molecule has 0 spiro atoms. The van der Waals surface area contributed by atoms with E-state index in [1.807, 2.05) is 30.3 Å². The number of phenolic OH excluding ortho intramolecular Hbond substituents is 1. The Bertz CT molecular complexity index is 698. The zero-order chi connectivity index (χ0) is 13.1. The Morgan fingerprint density at radius 2 is 2.06 bits per heavy atom. The second-order valence-electron chi connectivity index (χ2n) is 3.79. The van der Waals surface area contributed by atoms with Crippen molar-refractivity contribution in [3.63, 3.8) is 0 Å². The summed E-state index contributed by atoms with van der Waals surface area (Å²) < 4.78 is 0. The number of hydrogen-bond acceptors (Lipinski definition) is 3. The van der Waals surface area contributed by atoms with Gasteiger partial charge in [0.05, 0.1) is 5.57 Å². The molecule has 0 aliphatic carbocycles. The van der Waals surface area contributed by atoms with Crippen LogP contribution in [0.25, 0.3) is 16.8 Å². The summed E-state index contributed by atoms with van der Waals surface area (Å²) in [5.41, 5.74) is 6.40. The largest absolute Gasteiger partial charge is 0.508 e. The quantitative estimate of drug-likeness (QED) is 0.491. The molecule has 0 heterocycles. The highest BCUT2D eigenvalue weighted by molar-refractivity contribution is 7.80. The van der Waals surface area contributed by atoms with Crippen molar-refractivity contribution in [2.24, 2.45) is 5.73 Å². The molecule has 0 saturated heterocycles. The Morgan fingerprint density at radius 1 is 1.33 bits per heavy atom. The van der Waals surface area contributed by atoms with Crippen molar-refractivity contribution < 1.29 is 5.11 Å². The molecule has 88 valence electrons. The van der Waals surface area contributed by atoms with Gasteiger partial charge in [0.1, 0.15) is 16.8 Å². The molecule has 18 heavy (non-hydrogen) atoms. The van der Waals surface area contributed by atoms with Crippen LogP contribution in [0, 0.1) is 11.3 Å². The van der Waals surface area contributed by atoms with E-state index in [4.69, 9.17) is 23.2 Å². The van der Waals surface area contributed by atoms with E-state index < -0.39 is 0 Å². The van der Waals surface area contributed by atoms with Crippen LogP contribution in [-0.4, -0.2) is 10.1 Å². The number of rotatable bonds is 2. The lowest BCUT2D eigenvalue weighted by Gasteiger charge is -2.04. The van der Waals surface area contributed by atoms with Gasteiger partial charge >= 0.3 is 0 Å². The normalized spacial score (nSPS) is 11.2. The third kappa shape index (κ3) is 2.31. The standard InChI is InChI=1S/C14H10N2OS/c15-8-11(14(16)18)5-10-7-12(17)6-9-3-1-2-4-13(9)10/h1-7,17H,(H2,16,18). The number of nitriles is 1. The summed E-state index contributed by atoms with van der Waals surface area (Å²) in [6.45, 7) is 0. The van der Waals surface area contributed by atoms with Crippen LogP contribution < -0.4 is 5.73 Å². The molecule has 3 N–H and O–H groups in total. The van der Waals surface area contributed by atoms with Crippen molar-refractivity contribution in [2.75, 3.05) is 0 Å². The summed E-state index contributed by atoms with van der Waals surface area (Å²) in [6.07, 6.45) is 1.59. The highest BCUT2D eigenvalue weighted by Gasteiger charge is 2.04. The first-order valence-corrected chi connectivity index (χ1v) is 5.66. The minimum Gasteiger partial charge on any atom is -0.508 e. The van der Waals surface area contributed by atoms with Gasteiger partial charge in [0.25, 0.3) is 0 Å². The average molecular weight is 254 g/mol. The molecule has 0 unspecified atom stereocenters. The second kappa shape index (κ2) is 4.86.